The number of hydrogen-bond donors (Lipinski definition) is 1. The van der Waals surface area contributed by atoms with E-state index >= 15 is 0 Å². The molecule has 1 aromatic heterocycles. The zero-order valence-corrected chi connectivity index (χ0v) is 11.9. The predicted octanol–water partition coefficient (Wildman–Crippen LogP) is 3.58. The molecule has 0 radical (unpaired) electrons. The highest BCUT2D eigenvalue weighted by molar-refractivity contribution is 8.00. The Morgan fingerprint density at radius 1 is 1.10 bits per heavy atom. The van der Waals surface area contributed by atoms with Gasteiger partial charge in [-0.2, -0.15) is 0 Å². The quantitative estimate of drug-likeness (QED) is 0.549. The molecule has 0 bridgehead atoms. The van der Waals surface area contributed by atoms with Gasteiger partial charge in [0.15, 0.2) is 0 Å². The van der Waals surface area contributed by atoms with Gasteiger partial charge in [-0.1, -0.05) is 36.0 Å². The second-order valence-corrected chi connectivity index (χ2v) is 5.81. The summed E-state index contributed by atoms with van der Waals surface area (Å²) in [7, 11) is 0. The highest BCUT2D eigenvalue weighted by atomic mass is 32.2. The monoisotopic (exact) mass is 296 g/mol. The van der Waals surface area contributed by atoms with Gasteiger partial charge in [0, 0.05) is 11.1 Å². The van der Waals surface area contributed by atoms with Gasteiger partial charge in [-0.25, -0.2) is 4.79 Å². The highest BCUT2D eigenvalue weighted by Crippen LogP contribution is 2.45. The van der Waals surface area contributed by atoms with Gasteiger partial charge >= 0.3 is 5.63 Å². The van der Waals surface area contributed by atoms with Crippen molar-refractivity contribution < 1.29 is 4.42 Å². The van der Waals surface area contributed by atoms with Crippen molar-refractivity contribution in [3.63, 3.8) is 0 Å². The van der Waals surface area contributed by atoms with Crippen LogP contribution >= 0.6 is 11.8 Å². The van der Waals surface area contributed by atoms with E-state index in [1.54, 1.807) is 17.8 Å². The lowest BCUT2D eigenvalue weighted by molar-refractivity contribution is 0.561. The first-order valence-electron chi connectivity index (χ1n) is 6.56. The number of nitrogens with zero attached hydrogens (tertiary/aromatic N) is 1. The van der Waals surface area contributed by atoms with Crippen LogP contribution in [0.1, 0.15) is 0 Å². The Hall–Kier alpha value is -2.40. The third kappa shape index (κ3) is 1.89. The topological polar surface area (TPSA) is 59.5 Å². The first-order chi connectivity index (χ1) is 10.2. The molecule has 0 saturated heterocycles. The van der Waals surface area contributed by atoms with E-state index in [2.05, 4.69) is 0 Å². The van der Waals surface area contributed by atoms with E-state index in [0.717, 1.165) is 21.7 Å². The van der Waals surface area contributed by atoms with Crippen molar-refractivity contribution in [2.45, 2.75) is 4.90 Å². The number of anilines is 3. The van der Waals surface area contributed by atoms with Gasteiger partial charge in [0.05, 0.1) is 16.5 Å². The molecule has 1 aliphatic rings. The lowest BCUT2D eigenvalue weighted by atomic mass is 10.2. The van der Waals surface area contributed by atoms with E-state index < -0.39 is 0 Å². The predicted molar refractivity (Wildman–Crippen MR) is 86.2 cm³/mol. The van der Waals surface area contributed by atoms with Crippen molar-refractivity contribution in [3.8, 4) is 0 Å². The summed E-state index contributed by atoms with van der Waals surface area (Å²) in [6.45, 7) is 0. The zero-order valence-electron chi connectivity index (χ0n) is 11.1. The lowest BCUT2D eigenvalue weighted by Gasteiger charge is -2.17. The number of nitrogens with two attached hydrogens (primary N) is 1. The molecule has 4 rings (SSSR count). The van der Waals surface area contributed by atoms with Crippen molar-refractivity contribution in [1.29, 1.82) is 0 Å². The maximum atomic E-state index is 12.3. The van der Waals surface area contributed by atoms with Gasteiger partial charge in [0.1, 0.15) is 11.3 Å². The summed E-state index contributed by atoms with van der Waals surface area (Å²) < 4.78 is 5.41. The standard InChI is InChI=1S/C16H12N2O2S/c17-11-5-3-6-12-15(11)21-9-18(12)13-8-10-4-1-2-7-14(10)20-16(13)19/h1-8H,9,17H2. The van der Waals surface area contributed by atoms with Crippen LogP contribution in [0.15, 0.2) is 62.6 Å². The van der Waals surface area contributed by atoms with Gasteiger partial charge in [-0.3, -0.25) is 0 Å². The van der Waals surface area contributed by atoms with Gasteiger partial charge < -0.3 is 15.1 Å². The number of nitrogen functional groups attached to an aromatic ring is 1. The first-order valence-corrected chi connectivity index (χ1v) is 7.54. The Balaban J connectivity index is 1.91. The highest BCUT2D eigenvalue weighted by Gasteiger charge is 2.25. The van der Waals surface area contributed by atoms with E-state index in [1.165, 1.54) is 0 Å². The smallest absolute Gasteiger partial charge is 0.360 e. The van der Waals surface area contributed by atoms with E-state index in [0.29, 0.717) is 17.1 Å². The number of thioether (sulfide) groups is 1. The summed E-state index contributed by atoms with van der Waals surface area (Å²) in [4.78, 5) is 15.2. The molecule has 0 aliphatic carbocycles. The second kappa shape index (κ2) is 4.56. The van der Waals surface area contributed by atoms with Crippen LogP contribution in [0.25, 0.3) is 11.0 Å². The molecule has 2 N–H and O–H groups in total. The van der Waals surface area contributed by atoms with Crippen molar-refractivity contribution >= 4 is 39.8 Å². The summed E-state index contributed by atoms with van der Waals surface area (Å²) in [5.41, 5.74) is 8.51. The van der Waals surface area contributed by atoms with Crippen LogP contribution in [0, 0.1) is 0 Å². The maximum absolute atomic E-state index is 12.3. The number of benzene rings is 2. The third-order valence-corrected chi connectivity index (χ3v) is 4.69. The van der Waals surface area contributed by atoms with Crippen LogP contribution in [-0.4, -0.2) is 5.88 Å². The SMILES string of the molecule is Nc1cccc2c1SCN2c1cc2ccccc2oc1=O. The molecule has 21 heavy (non-hydrogen) atoms. The van der Waals surface area contributed by atoms with Crippen LogP contribution in [0.3, 0.4) is 0 Å². The normalized spacial score (nSPS) is 13.6. The first kappa shape index (κ1) is 12.3. The van der Waals surface area contributed by atoms with Crippen LogP contribution in [0.2, 0.25) is 0 Å². The second-order valence-electron chi connectivity index (χ2n) is 4.85. The Bertz CT molecular complexity index is 904. The van der Waals surface area contributed by atoms with Gasteiger partial charge in [0.25, 0.3) is 0 Å². The van der Waals surface area contributed by atoms with Crippen molar-refractivity contribution in [1.82, 2.24) is 0 Å². The summed E-state index contributed by atoms with van der Waals surface area (Å²) in [6, 6.07) is 15.1. The molecular weight excluding hydrogens is 284 g/mol. The molecule has 0 atom stereocenters. The van der Waals surface area contributed by atoms with Crippen LogP contribution < -0.4 is 16.3 Å². The average Bonchev–Trinajstić information content (AvgIpc) is 2.92. The Morgan fingerprint density at radius 2 is 1.95 bits per heavy atom. The molecule has 0 unspecified atom stereocenters. The van der Waals surface area contributed by atoms with E-state index in [9.17, 15) is 4.79 Å². The number of rotatable bonds is 1. The molecule has 1 aliphatic heterocycles. The fourth-order valence-corrected chi connectivity index (χ4v) is 3.65. The molecule has 5 heteroatoms. The lowest BCUT2D eigenvalue weighted by Crippen LogP contribution is -2.19. The molecule has 4 nitrogen and oxygen atoms in total. The van der Waals surface area contributed by atoms with Gasteiger partial charge in [-0.05, 0) is 24.3 Å². The molecule has 0 saturated carbocycles. The molecule has 104 valence electrons. The van der Waals surface area contributed by atoms with Crippen molar-refractivity contribution in [2.24, 2.45) is 0 Å². The Kier molecular flexibility index (Phi) is 2.68. The van der Waals surface area contributed by atoms with Crippen LogP contribution in [0.5, 0.6) is 0 Å². The minimum Gasteiger partial charge on any atom is -0.421 e. The molecule has 0 spiro atoms. The fourth-order valence-electron chi connectivity index (χ4n) is 2.55. The average molecular weight is 296 g/mol. The molecule has 0 amide bonds. The third-order valence-electron chi connectivity index (χ3n) is 3.57. The summed E-state index contributed by atoms with van der Waals surface area (Å²) >= 11 is 1.63. The largest absolute Gasteiger partial charge is 0.421 e. The molecule has 3 aromatic rings. The van der Waals surface area contributed by atoms with E-state index in [-0.39, 0.29) is 5.63 Å². The summed E-state index contributed by atoms with van der Waals surface area (Å²) in [5.74, 6) is 0.659. The number of hydrogen-bond acceptors (Lipinski definition) is 5. The van der Waals surface area contributed by atoms with Crippen LogP contribution in [-0.2, 0) is 0 Å². The number of fused-ring (bicyclic) bond motifs is 2. The zero-order chi connectivity index (χ0) is 14.4. The van der Waals surface area contributed by atoms with E-state index in [4.69, 9.17) is 10.2 Å². The maximum Gasteiger partial charge on any atom is 0.360 e. The van der Waals surface area contributed by atoms with Gasteiger partial charge in [0.2, 0.25) is 0 Å². The molecule has 2 aromatic carbocycles. The molecular formula is C16H12N2O2S. The fraction of sp³-hybridized carbons (Fsp3) is 0.0625. The van der Waals surface area contributed by atoms with Crippen LogP contribution in [0.4, 0.5) is 17.1 Å². The number of para-hydroxylation sites is 1. The van der Waals surface area contributed by atoms with Crippen molar-refractivity contribution in [3.05, 3.63) is 59.0 Å². The summed E-state index contributed by atoms with van der Waals surface area (Å²) in [5, 5.41) is 0.912. The van der Waals surface area contributed by atoms with Gasteiger partial charge in [-0.15, -0.1) is 0 Å². The minimum absolute atomic E-state index is 0.329. The van der Waals surface area contributed by atoms with Crippen molar-refractivity contribution in [2.75, 3.05) is 16.5 Å². The molecule has 2 heterocycles. The Morgan fingerprint density at radius 3 is 2.86 bits per heavy atom. The van der Waals surface area contributed by atoms with E-state index in [1.807, 2.05) is 47.4 Å². The summed E-state index contributed by atoms with van der Waals surface area (Å²) in [6.07, 6.45) is 0. The Labute approximate surface area is 125 Å². The minimum atomic E-state index is -0.329. The molecule has 0 fully saturated rings.